The minimum absolute atomic E-state index is 0.0226. The first-order valence-electron chi connectivity index (χ1n) is 5.39. The van der Waals surface area contributed by atoms with Crippen molar-refractivity contribution >= 4 is 5.91 Å². The molecule has 1 amide bonds. The number of nitrogens with one attached hydrogen (secondary N) is 1. The fraction of sp³-hybridized carbons (Fsp3) is 0.909. The van der Waals surface area contributed by atoms with E-state index in [0.717, 1.165) is 25.8 Å². The van der Waals surface area contributed by atoms with Gasteiger partial charge in [0.15, 0.2) is 0 Å². The van der Waals surface area contributed by atoms with Gasteiger partial charge >= 0.3 is 0 Å². The molecule has 84 valence electrons. The second-order valence-corrected chi connectivity index (χ2v) is 4.48. The fourth-order valence-corrected chi connectivity index (χ4v) is 1.16. The molecule has 0 radical (unpaired) electrons. The maximum Gasteiger partial charge on any atom is 0.219 e. The van der Waals surface area contributed by atoms with E-state index in [4.69, 9.17) is 5.11 Å². The molecule has 3 nitrogen and oxygen atoms in total. The molecule has 0 aliphatic carbocycles. The molecule has 0 atom stereocenters. The lowest BCUT2D eigenvalue weighted by atomic mass is 9.88. The van der Waals surface area contributed by atoms with Crippen LogP contribution in [0.4, 0.5) is 0 Å². The monoisotopic (exact) mass is 201 g/mol. The number of carbonyl (C=O) groups is 1. The molecule has 0 aromatic rings. The quantitative estimate of drug-likeness (QED) is 0.616. The summed E-state index contributed by atoms with van der Waals surface area (Å²) in [6.45, 7) is 6.95. The van der Waals surface area contributed by atoms with Crippen LogP contribution in [0, 0.1) is 5.41 Å². The van der Waals surface area contributed by atoms with E-state index in [1.54, 1.807) is 0 Å². The Bertz CT molecular complexity index is 167. The van der Waals surface area contributed by atoms with Crippen LogP contribution >= 0.6 is 0 Å². The number of carbonyl (C=O) groups excluding carboxylic acids is 1. The van der Waals surface area contributed by atoms with Gasteiger partial charge in [0, 0.05) is 19.6 Å². The van der Waals surface area contributed by atoms with Crippen LogP contribution in [0.3, 0.4) is 0 Å². The van der Waals surface area contributed by atoms with Crippen LogP contribution in [0.25, 0.3) is 0 Å². The van der Waals surface area contributed by atoms with E-state index in [2.05, 4.69) is 19.2 Å². The van der Waals surface area contributed by atoms with E-state index in [-0.39, 0.29) is 17.9 Å². The van der Waals surface area contributed by atoms with Crippen molar-refractivity contribution in [2.45, 2.75) is 46.5 Å². The number of aliphatic hydroxyl groups is 1. The van der Waals surface area contributed by atoms with Gasteiger partial charge in [0.05, 0.1) is 0 Å². The van der Waals surface area contributed by atoms with E-state index in [0.29, 0.717) is 6.42 Å². The zero-order valence-corrected chi connectivity index (χ0v) is 9.60. The maximum atomic E-state index is 10.9. The van der Waals surface area contributed by atoms with Gasteiger partial charge in [-0.3, -0.25) is 4.79 Å². The summed E-state index contributed by atoms with van der Waals surface area (Å²) in [4.78, 5) is 10.9. The molecule has 0 saturated heterocycles. The Hall–Kier alpha value is -0.570. The van der Waals surface area contributed by atoms with E-state index < -0.39 is 0 Å². The highest BCUT2D eigenvalue weighted by atomic mass is 16.3. The number of amides is 1. The van der Waals surface area contributed by atoms with Crippen molar-refractivity contribution < 1.29 is 9.90 Å². The van der Waals surface area contributed by atoms with Crippen molar-refractivity contribution in [2.75, 3.05) is 13.2 Å². The van der Waals surface area contributed by atoms with Crippen LogP contribution in [-0.2, 0) is 4.79 Å². The zero-order chi connectivity index (χ0) is 11.0. The maximum absolute atomic E-state index is 10.9. The molecule has 0 spiro atoms. The number of rotatable bonds is 7. The minimum atomic E-state index is 0.0226. The van der Waals surface area contributed by atoms with E-state index >= 15 is 0 Å². The fourth-order valence-electron chi connectivity index (χ4n) is 1.16. The van der Waals surface area contributed by atoms with Gasteiger partial charge in [-0.15, -0.1) is 0 Å². The molecular weight excluding hydrogens is 178 g/mol. The van der Waals surface area contributed by atoms with Crippen LogP contribution < -0.4 is 5.32 Å². The average Bonchev–Trinajstić information content (AvgIpc) is 2.17. The summed E-state index contributed by atoms with van der Waals surface area (Å²) in [5.41, 5.74) is 0.0226. The summed E-state index contributed by atoms with van der Waals surface area (Å²) in [7, 11) is 0. The third-order valence-corrected chi connectivity index (χ3v) is 2.35. The van der Waals surface area contributed by atoms with Crippen molar-refractivity contribution in [1.29, 1.82) is 0 Å². The molecule has 0 aromatic heterocycles. The lowest BCUT2D eigenvalue weighted by molar-refractivity contribution is -0.120. The normalized spacial score (nSPS) is 11.4. The van der Waals surface area contributed by atoms with Gasteiger partial charge in [0.1, 0.15) is 0 Å². The summed E-state index contributed by atoms with van der Waals surface area (Å²) in [6.07, 6.45) is 3.61. The highest BCUT2D eigenvalue weighted by molar-refractivity contribution is 5.75. The van der Waals surface area contributed by atoms with Crippen LogP contribution in [0.1, 0.15) is 46.5 Å². The Balaban J connectivity index is 3.34. The average molecular weight is 201 g/mol. The van der Waals surface area contributed by atoms with Crippen LogP contribution in [0.15, 0.2) is 0 Å². The predicted molar refractivity (Wildman–Crippen MR) is 58.0 cm³/mol. The van der Waals surface area contributed by atoms with Gasteiger partial charge in [-0.05, 0) is 18.3 Å². The summed E-state index contributed by atoms with van der Waals surface area (Å²) >= 11 is 0. The number of hydrogen-bond donors (Lipinski definition) is 2. The van der Waals surface area contributed by atoms with Crippen molar-refractivity contribution in [3.8, 4) is 0 Å². The van der Waals surface area contributed by atoms with Crippen molar-refractivity contribution in [3.63, 3.8) is 0 Å². The van der Waals surface area contributed by atoms with Crippen LogP contribution in [0.2, 0.25) is 0 Å². The number of unbranched alkanes of at least 4 members (excludes halogenated alkanes) is 1. The molecule has 0 unspecified atom stereocenters. The molecule has 0 fully saturated rings. The molecule has 14 heavy (non-hydrogen) atoms. The van der Waals surface area contributed by atoms with Crippen molar-refractivity contribution in [1.82, 2.24) is 5.32 Å². The largest absolute Gasteiger partial charge is 0.396 e. The lowest BCUT2D eigenvalue weighted by Crippen LogP contribution is -2.23. The molecule has 0 saturated carbocycles. The zero-order valence-electron chi connectivity index (χ0n) is 9.60. The first kappa shape index (κ1) is 13.4. The van der Waals surface area contributed by atoms with Crippen molar-refractivity contribution in [3.05, 3.63) is 0 Å². The highest BCUT2D eigenvalue weighted by Crippen LogP contribution is 2.21. The molecule has 0 aliphatic rings. The Morgan fingerprint density at radius 1 is 1.36 bits per heavy atom. The Labute approximate surface area is 86.9 Å². The van der Waals surface area contributed by atoms with Gasteiger partial charge in [0.2, 0.25) is 5.91 Å². The van der Waals surface area contributed by atoms with Gasteiger partial charge in [-0.2, -0.15) is 0 Å². The second-order valence-electron chi connectivity index (χ2n) is 4.48. The first-order chi connectivity index (χ1) is 6.52. The third-order valence-electron chi connectivity index (χ3n) is 2.35. The Kier molecular flexibility index (Phi) is 6.54. The van der Waals surface area contributed by atoms with Crippen LogP contribution in [0.5, 0.6) is 0 Å². The summed E-state index contributed by atoms with van der Waals surface area (Å²) < 4.78 is 0. The Morgan fingerprint density at radius 2 is 2.00 bits per heavy atom. The van der Waals surface area contributed by atoms with Crippen LogP contribution in [-0.4, -0.2) is 24.2 Å². The molecule has 3 heteroatoms. The summed E-state index contributed by atoms with van der Waals surface area (Å²) in [5.74, 6) is 0.117. The standard InChI is InChI=1S/C11H23NO2/c1-4-10(14)12-8-6-5-7-11(2,3)9-13/h13H,4-9H2,1-3H3,(H,12,14). The molecule has 0 bridgehead atoms. The second kappa shape index (κ2) is 6.82. The lowest BCUT2D eigenvalue weighted by Gasteiger charge is -2.20. The topological polar surface area (TPSA) is 49.3 Å². The SMILES string of the molecule is CCC(=O)NCCCCC(C)(C)CO. The molecule has 2 N–H and O–H groups in total. The van der Waals surface area contributed by atoms with Gasteiger partial charge in [0.25, 0.3) is 0 Å². The number of aliphatic hydroxyl groups excluding tert-OH is 1. The Morgan fingerprint density at radius 3 is 2.50 bits per heavy atom. The van der Waals surface area contributed by atoms with E-state index in [1.807, 2.05) is 6.92 Å². The first-order valence-corrected chi connectivity index (χ1v) is 5.39. The van der Waals surface area contributed by atoms with Gasteiger partial charge < -0.3 is 10.4 Å². The number of hydrogen-bond acceptors (Lipinski definition) is 2. The highest BCUT2D eigenvalue weighted by Gasteiger charge is 2.15. The summed E-state index contributed by atoms with van der Waals surface area (Å²) in [6, 6.07) is 0. The summed E-state index contributed by atoms with van der Waals surface area (Å²) in [5, 5.41) is 11.8. The molecule has 0 heterocycles. The minimum Gasteiger partial charge on any atom is -0.396 e. The van der Waals surface area contributed by atoms with E-state index in [1.165, 1.54) is 0 Å². The molecule has 0 rings (SSSR count). The van der Waals surface area contributed by atoms with Gasteiger partial charge in [-0.1, -0.05) is 27.2 Å². The molecule has 0 aliphatic heterocycles. The van der Waals surface area contributed by atoms with Crippen molar-refractivity contribution in [2.24, 2.45) is 5.41 Å². The smallest absolute Gasteiger partial charge is 0.219 e. The molecule has 0 aromatic carbocycles. The molecular formula is C11H23NO2. The van der Waals surface area contributed by atoms with E-state index in [9.17, 15) is 4.79 Å². The third kappa shape index (κ3) is 6.89. The predicted octanol–water partition coefficient (Wildman–Crippen LogP) is 1.70. The van der Waals surface area contributed by atoms with Gasteiger partial charge in [-0.25, -0.2) is 0 Å².